The van der Waals surface area contributed by atoms with E-state index in [1.807, 2.05) is 11.0 Å². The molecule has 1 aromatic rings. The summed E-state index contributed by atoms with van der Waals surface area (Å²) in [5, 5.41) is 0. The van der Waals surface area contributed by atoms with Gasteiger partial charge in [-0.3, -0.25) is 4.79 Å². The second-order valence-electron chi connectivity index (χ2n) is 6.87. The summed E-state index contributed by atoms with van der Waals surface area (Å²) in [4.78, 5) is 25.5. The lowest BCUT2D eigenvalue weighted by molar-refractivity contribution is -0.160. The Morgan fingerprint density at radius 1 is 1.17 bits per heavy atom. The maximum absolute atomic E-state index is 12.7. The fourth-order valence-corrected chi connectivity index (χ4v) is 3.98. The number of piperidine rings is 1. The highest BCUT2D eigenvalue weighted by atomic mass is 16.5. The van der Waals surface area contributed by atoms with Crippen molar-refractivity contribution in [1.82, 2.24) is 14.9 Å². The molecule has 7 nitrogen and oxygen atoms in total. The maximum Gasteiger partial charge on any atom is 0.251 e. The number of carbonyl (C=O) groups excluding carboxylic acids is 1. The van der Waals surface area contributed by atoms with Crippen molar-refractivity contribution in [1.29, 1.82) is 0 Å². The van der Waals surface area contributed by atoms with Crippen LogP contribution in [0.4, 0.5) is 5.95 Å². The van der Waals surface area contributed by atoms with E-state index in [1.54, 1.807) is 12.4 Å². The van der Waals surface area contributed by atoms with Gasteiger partial charge in [-0.05, 0) is 31.7 Å². The SMILES string of the molecule is O=C([C@@H]1CCCO1)N1CCOC2(CCCN(c3ncccn3)C2)C1. The van der Waals surface area contributed by atoms with Crippen LogP contribution in [0.1, 0.15) is 25.7 Å². The number of ether oxygens (including phenoxy) is 2. The quantitative estimate of drug-likeness (QED) is 0.800. The van der Waals surface area contributed by atoms with Gasteiger partial charge in [-0.15, -0.1) is 0 Å². The third kappa shape index (κ3) is 3.10. The molecule has 130 valence electrons. The summed E-state index contributed by atoms with van der Waals surface area (Å²) in [6, 6.07) is 1.82. The van der Waals surface area contributed by atoms with Crippen LogP contribution in [0, 0.1) is 0 Å². The summed E-state index contributed by atoms with van der Waals surface area (Å²) in [6.07, 6.45) is 7.07. The van der Waals surface area contributed by atoms with E-state index >= 15 is 0 Å². The normalized spacial score (nSPS) is 30.8. The second-order valence-corrected chi connectivity index (χ2v) is 6.87. The van der Waals surface area contributed by atoms with E-state index in [1.165, 1.54) is 0 Å². The van der Waals surface area contributed by atoms with E-state index in [0.717, 1.165) is 44.7 Å². The van der Waals surface area contributed by atoms with Crippen molar-refractivity contribution in [2.75, 3.05) is 44.3 Å². The molecule has 4 rings (SSSR count). The number of hydrogen-bond donors (Lipinski definition) is 0. The molecule has 2 atom stereocenters. The van der Waals surface area contributed by atoms with Crippen LogP contribution in [0.15, 0.2) is 18.5 Å². The lowest BCUT2D eigenvalue weighted by Crippen LogP contribution is -2.62. The highest BCUT2D eigenvalue weighted by molar-refractivity contribution is 5.81. The molecule has 3 aliphatic rings. The zero-order valence-corrected chi connectivity index (χ0v) is 13.9. The Morgan fingerprint density at radius 2 is 2.04 bits per heavy atom. The first-order valence-corrected chi connectivity index (χ1v) is 8.82. The average molecular weight is 332 g/mol. The van der Waals surface area contributed by atoms with Gasteiger partial charge in [0.1, 0.15) is 11.7 Å². The van der Waals surface area contributed by atoms with Gasteiger partial charge in [0, 0.05) is 32.1 Å². The minimum atomic E-state index is -0.316. The fourth-order valence-electron chi connectivity index (χ4n) is 3.98. The van der Waals surface area contributed by atoms with Crippen molar-refractivity contribution in [3.05, 3.63) is 18.5 Å². The van der Waals surface area contributed by atoms with E-state index in [0.29, 0.717) is 26.3 Å². The highest BCUT2D eigenvalue weighted by Gasteiger charge is 2.43. The molecule has 1 unspecified atom stereocenters. The Labute approximate surface area is 142 Å². The summed E-state index contributed by atoms with van der Waals surface area (Å²) >= 11 is 0. The van der Waals surface area contributed by atoms with E-state index < -0.39 is 0 Å². The largest absolute Gasteiger partial charge is 0.369 e. The molecule has 7 heteroatoms. The predicted molar refractivity (Wildman–Crippen MR) is 87.7 cm³/mol. The van der Waals surface area contributed by atoms with Crippen LogP contribution in [0.2, 0.25) is 0 Å². The number of aromatic nitrogens is 2. The highest BCUT2D eigenvalue weighted by Crippen LogP contribution is 2.31. The van der Waals surface area contributed by atoms with Crippen LogP contribution in [-0.4, -0.2) is 71.9 Å². The predicted octanol–water partition coefficient (Wildman–Crippen LogP) is 0.853. The standard InChI is InChI=1S/C17H24N4O3/c22-15(14-4-1-10-23-14)20-9-11-24-17(12-20)5-2-8-21(13-17)16-18-6-3-7-19-16/h3,6-7,14H,1-2,4-5,8-13H2/t14-,17?/m0/s1. The summed E-state index contributed by atoms with van der Waals surface area (Å²) in [5.41, 5.74) is -0.316. The molecule has 24 heavy (non-hydrogen) atoms. The summed E-state index contributed by atoms with van der Waals surface area (Å²) in [6.45, 7) is 4.23. The first-order valence-electron chi connectivity index (χ1n) is 8.82. The molecule has 3 saturated heterocycles. The molecule has 4 heterocycles. The molecule has 0 aliphatic carbocycles. The topological polar surface area (TPSA) is 67.8 Å². The molecule has 0 saturated carbocycles. The van der Waals surface area contributed by atoms with Crippen LogP contribution >= 0.6 is 0 Å². The number of carbonyl (C=O) groups is 1. The number of amides is 1. The van der Waals surface area contributed by atoms with Crippen LogP contribution in [0.5, 0.6) is 0 Å². The van der Waals surface area contributed by atoms with Crippen molar-refractivity contribution in [3.63, 3.8) is 0 Å². The second kappa shape index (κ2) is 6.64. The molecular weight excluding hydrogens is 308 g/mol. The molecule has 0 N–H and O–H groups in total. The van der Waals surface area contributed by atoms with E-state index in [2.05, 4.69) is 14.9 Å². The lowest BCUT2D eigenvalue weighted by Gasteiger charge is -2.48. The van der Waals surface area contributed by atoms with Gasteiger partial charge in [-0.25, -0.2) is 9.97 Å². The summed E-state index contributed by atoms with van der Waals surface area (Å²) in [7, 11) is 0. The van der Waals surface area contributed by atoms with Gasteiger partial charge in [-0.2, -0.15) is 0 Å². The average Bonchev–Trinajstić information content (AvgIpc) is 3.17. The van der Waals surface area contributed by atoms with Gasteiger partial charge in [0.25, 0.3) is 5.91 Å². The van der Waals surface area contributed by atoms with Gasteiger partial charge in [0.2, 0.25) is 5.95 Å². The van der Waals surface area contributed by atoms with Gasteiger partial charge in [0.05, 0.1) is 19.7 Å². The van der Waals surface area contributed by atoms with E-state index in [4.69, 9.17) is 9.47 Å². The number of rotatable bonds is 2. The minimum absolute atomic E-state index is 0.128. The third-order valence-corrected chi connectivity index (χ3v) is 5.14. The van der Waals surface area contributed by atoms with E-state index in [9.17, 15) is 4.79 Å². The molecule has 0 aromatic carbocycles. The first kappa shape index (κ1) is 15.8. The molecule has 1 aromatic heterocycles. The minimum Gasteiger partial charge on any atom is -0.369 e. The maximum atomic E-state index is 12.7. The molecule has 3 fully saturated rings. The first-order chi connectivity index (χ1) is 11.8. The summed E-state index contributed by atoms with van der Waals surface area (Å²) in [5.74, 6) is 0.867. The molecule has 0 radical (unpaired) electrons. The number of anilines is 1. The smallest absolute Gasteiger partial charge is 0.251 e. The van der Waals surface area contributed by atoms with Crippen molar-refractivity contribution in [2.24, 2.45) is 0 Å². The Bertz CT molecular complexity index is 574. The third-order valence-electron chi connectivity index (χ3n) is 5.14. The fraction of sp³-hybridized carbons (Fsp3) is 0.706. The van der Waals surface area contributed by atoms with Crippen LogP contribution < -0.4 is 4.90 Å². The van der Waals surface area contributed by atoms with Crippen LogP contribution in [0.3, 0.4) is 0 Å². The molecular formula is C17H24N4O3. The van der Waals surface area contributed by atoms with E-state index in [-0.39, 0.29) is 17.6 Å². The summed E-state index contributed by atoms with van der Waals surface area (Å²) < 4.78 is 11.7. The van der Waals surface area contributed by atoms with Crippen molar-refractivity contribution in [3.8, 4) is 0 Å². The molecule has 3 aliphatic heterocycles. The number of nitrogens with zero attached hydrogens (tertiary/aromatic N) is 4. The molecule has 1 amide bonds. The van der Waals surface area contributed by atoms with Gasteiger partial charge in [0.15, 0.2) is 0 Å². The van der Waals surface area contributed by atoms with Crippen LogP contribution in [-0.2, 0) is 14.3 Å². The monoisotopic (exact) mass is 332 g/mol. The number of morpholine rings is 1. The Hall–Kier alpha value is -1.73. The lowest BCUT2D eigenvalue weighted by atomic mass is 9.90. The Balaban J connectivity index is 1.46. The zero-order chi connectivity index (χ0) is 16.4. The van der Waals surface area contributed by atoms with Gasteiger partial charge < -0.3 is 19.3 Å². The number of hydrogen-bond acceptors (Lipinski definition) is 6. The molecule has 1 spiro atoms. The zero-order valence-electron chi connectivity index (χ0n) is 13.9. The van der Waals surface area contributed by atoms with Crippen molar-refractivity contribution >= 4 is 11.9 Å². The van der Waals surface area contributed by atoms with Crippen LogP contribution in [0.25, 0.3) is 0 Å². The molecule has 0 bridgehead atoms. The van der Waals surface area contributed by atoms with Gasteiger partial charge in [-0.1, -0.05) is 0 Å². The Kier molecular flexibility index (Phi) is 4.37. The Morgan fingerprint density at radius 3 is 2.83 bits per heavy atom. The van der Waals surface area contributed by atoms with Crippen molar-refractivity contribution in [2.45, 2.75) is 37.4 Å². The van der Waals surface area contributed by atoms with Crippen molar-refractivity contribution < 1.29 is 14.3 Å². The van der Waals surface area contributed by atoms with Gasteiger partial charge >= 0.3 is 0 Å².